The van der Waals surface area contributed by atoms with Gasteiger partial charge < -0.3 is 15.7 Å². The van der Waals surface area contributed by atoms with Crippen LogP contribution in [-0.4, -0.2) is 60.3 Å². The number of amides is 1. The van der Waals surface area contributed by atoms with E-state index in [0.29, 0.717) is 25.6 Å². The lowest BCUT2D eigenvalue weighted by Crippen LogP contribution is -2.48. The number of β-amino-alcohol motifs (C(OH)–C–C–N with tert-alkyl or cyclic N) is 1. The van der Waals surface area contributed by atoms with Crippen molar-refractivity contribution in [3.05, 3.63) is 0 Å². The lowest BCUT2D eigenvalue weighted by atomic mass is 9.98. The topological polar surface area (TPSA) is 64.6 Å². The van der Waals surface area contributed by atoms with E-state index in [0.717, 1.165) is 19.0 Å². The second-order valence-electron chi connectivity index (χ2n) is 6.16. The molecule has 2 rings (SSSR count). The number of halogens is 2. The number of carbonyl (C=O) groups is 1. The number of piperidine rings is 1. The van der Waals surface area contributed by atoms with E-state index in [2.05, 4.69) is 29.4 Å². The first-order chi connectivity index (χ1) is 9.06. The average Bonchev–Trinajstić information content (AvgIpc) is 2.83. The van der Waals surface area contributed by atoms with Gasteiger partial charge in [0.2, 0.25) is 5.91 Å². The molecule has 3 N–H and O–H groups in total. The zero-order chi connectivity index (χ0) is 13.8. The summed E-state index contributed by atoms with van der Waals surface area (Å²) >= 11 is 0. The molecule has 7 heteroatoms. The smallest absolute Gasteiger partial charge is 0.237 e. The fourth-order valence-electron chi connectivity index (χ4n) is 2.89. The van der Waals surface area contributed by atoms with E-state index in [4.69, 9.17) is 0 Å². The predicted octanol–water partition coefficient (Wildman–Crippen LogP) is 0.789. The number of nitrogens with zero attached hydrogens (tertiary/aromatic N) is 1. The second-order valence-corrected chi connectivity index (χ2v) is 6.16. The maximum atomic E-state index is 11.9. The molecule has 0 aromatic carbocycles. The van der Waals surface area contributed by atoms with Gasteiger partial charge in [-0.2, -0.15) is 0 Å². The second kappa shape index (κ2) is 9.85. The molecule has 0 aliphatic carbocycles. The molecule has 2 aliphatic heterocycles. The van der Waals surface area contributed by atoms with Crippen molar-refractivity contribution in [3.8, 4) is 0 Å². The summed E-state index contributed by atoms with van der Waals surface area (Å²) in [6.45, 7) is 7.98. The number of aliphatic hydroxyl groups is 1. The summed E-state index contributed by atoms with van der Waals surface area (Å²) in [5.41, 5.74) is 0. The number of hydrogen-bond acceptors (Lipinski definition) is 4. The minimum absolute atomic E-state index is 0. The number of rotatable bonds is 4. The van der Waals surface area contributed by atoms with Gasteiger partial charge in [-0.05, 0) is 45.2 Å². The summed E-state index contributed by atoms with van der Waals surface area (Å²) < 4.78 is 0. The molecule has 0 radical (unpaired) electrons. The van der Waals surface area contributed by atoms with E-state index < -0.39 is 0 Å². The lowest BCUT2D eigenvalue weighted by Gasteiger charge is -2.35. The van der Waals surface area contributed by atoms with Gasteiger partial charge in [0.25, 0.3) is 0 Å². The summed E-state index contributed by atoms with van der Waals surface area (Å²) in [4.78, 5) is 14.4. The lowest BCUT2D eigenvalue weighted by molar-refractivity contribution is -0.123. The van der Waals surface area contributed by atoms with Gasteiger partial charge >= 0.3 is 0 Å². The third-order valence-corrected chi connectivity index (χ3v) is 4.44. The number of aliphatic hydroxyl groups excluding tert-OH is 1. The Morgan fingerprint density at radius 2 is 2.00 bits per heavy atom. The van der Waals surface area contributed by atoms with Crippen molar-refractivity contribution in [2.45, 2.75) is 51.3 Å². The molecule has 0 aromatic rings. The first-order valence-electron chi connectivity index (χ1n) is 7.49. The van der Waals surface area contributed by atoms with Gasteiger partial charge in [-0.15, -0.1) is 24.8 Å². The van der Waals surface area contributed by atoms with E-state index in [1.54, 1.807) is 0 Å². The van der Waals surface area contributed by atoms with Crippen molar-refractivity contribution in [1.82, 2.24) is 15.5 Å². The molecule has 1 amide bonds. The summed E-state index contributed by atoms with van der Waals surface area (Å²) in [6.07, 6.45) is 2.67. The Balaban J connectivity index is 0.00000200. The summed E-state index contributed by atoms with van der Waals surface area (Å²) in [5.74, 6) is 0.857. The Kier molecular flexibility index (Phi) is 9.81. The van der Waals surface area contributed by atoms with E-state index in [1.807, 2.05) is 0 Å². The fourth-order valence-corrected chi connectivity index (χ4v) is 2.89. The Labute approximate surface area is 140 Å². The largest absolute Gasteiger partial charge is 0.392 e. The molecule has 0 bridgehead atoms. The zero-order valence-corrected chi connectivity index (χ0v) is 14.5. The van der Waals surface area contributed by atoms with E-state index >= 15 is 0 Å². The summed E-state index contributed by atoms with van der Waals surface area (Å²) in [5, 5.41) is 15.4. The molecular weight excluding hydrogens is 313 g/mol. The van der Waals surface area contributed by atoms with Crippen LogP contribution in [-0.2, 0) is 4.79 Å². The predicted molar refractivity (Wildman–Crippen MR) is 89.4 cm³/mol. The number of hydrogen-bond donors (Lipinski definition) is 3. The van der Waals surface area contributed by atoms with Gasteiger partial charge in [0.1, 0.15) is 0 Å². The van der Waals surface area contributed by atoms with E-state index in [9.17, 15) is 9.90 Å². The third kappa shape index (κ3) is 6.28. The molecule has 3 atom stereocenters. The van der Waals surface area contributed by atoms with Crippen LogP contribution in [0.1, 0.15) is 33.1 Å². The van der Waals surface area contributed by atoms with Crippen molar-refractivity contribution in [2.24, 2.45) is 5.92 Å². The minimum atomic E-state index is -0.378. The molecule has 2 saturated heterocycles. The molecule has 0 saturated carbocycles. The normalized spacial score (nSPS) is 28.3. The van der Waals surface area contributed by atoms with Crippen LogP contribution >= 0.6 is 24.8 Å². The Bertz CT molecular complexity index is 313. The Morgan fingerprint density at radius 3 is 2.52 bits per heavy atom. The average molecular weight is 342 g/mol. The van der Waals surface area contributed by atoms with Crippen LogP contribution in [0.15, 0.2) is 0 Å². The number of nitrogens with one attached hydrogen (secondary N) is 2. The SMILES string of the molecule is CC1CCN(C(C)CNC(=O)C2CC(O)CN2)CC1.Cl.Cl. The third-order valence-electron chi connectivity index (χ3n) is 4.44. The maximum Gasteiger partial charge on any atom is 0.237 e. The first-order valence-corrected chi connectivity index (χ1v) is 7.49. The van der Waals surface area contributed by atoms with Crippen LogP contribution in [0.2, 0.25) is 0 Å². The standard InChI is InChI=1S/C14H27N3O2.2ClH/c1-10-3-5-17(6-4-10)11(2)8-16-14(19)13-7-12(18)9-15-13;;/h10-13,15,18H,3-9H2,1-2H3,(H,16,19);2*1H. The Morgan fingerprint density at radius 1 is 1.38 bits per heavy atom. The summed E-state index contributed by atoms with van der Waals surface area (Å²) in [6, 6.07) is 0.173. The van der Waals surface area contributed by atoms with Crippen LogP contribution in [0.3, 0.4) is 0 Å². The van der Waals surface area contributed by atoms with Crippen LogP contribution in [0.5, 0.6) is 0 Å². The van der Waals surface area contributed by atoms with Gasteiger partial charge in [-0.1, -0.05) is 6.92 Å². The van der Waals surface area contributed by atoms with Crippen molar-refractivity contribution < 1.29 is 9.90 Å². The molecular formula is C14H29Cl2N3O2. The van der Waals surface area contributed by atoms with Crippen LogP contribution in [0.25, 0.3) is 0 Å². The van der Waals surface area contributed by atoms with Crippen LogP contribution < -0.4 is 10.6 Å². The highest BCUT2D eigenvalue weighted by Gasteiger charge is 2.28. The van der Waals surface area contributed by atoms with E-state index in [1.165, 1.54) is 12.8 Å². The van der Waals surface area contributed by atoms with Crippen molar-refractivity contribution >= 4 is 30.7 Å². The highest BCUT2D eigenvalue weighted by Crippen LogP contribution is 2.17. The highest BCUT2D eigenvalue weighted by atomic mass is 35.5. The minimum Gasteiger partial charge on any atom is -0.392 e. The molecule has 2 aliphatic rings. The van der Waals surface area contributed by atoms with Crippen LogP contribution in [0, 0.1) is 5.92 Å². The van der Waals surface area contributed by atoms with Crippen molar-refractivity contribution in [2.75, 3.05) is 26.2 Å². The zero-order valence-electron chi connectivity index (χ0n) is 12.9. The van der Waals surface area contributed by atoms with Crippen molar-refractivity contribution in [3.63, 3.8) is 0 Å². The van der Waals surface area contributed by atoms with Gasteiger partial charge in [0, 0.05) is 19.1 Å². The fraction of sp³-hybridized carbons (Fsp3) is 0.929. The van der Waals surface area contributed by atoms with Gasteiger partial charge in [0.15, 0.2) is 0 Å². The molecule has 21 heavy (non-hydrogen) atoms. The molecule has 2 fully saturated rings. The quantitative estimate of drug-likeness (QED) is 0.707. The number of likely N-dealkylation sites (tertiary alicyclic amines) is 1. The highest BCUT2D eigenvalue weighted by molar-refractivity contribution is 5.85. The van der Waals surface area contributed by atoms with Gasteiger partial charge in [-0.3, -0.25) is 9.69 Å². The monoisotopic (exact) mass is 341 g/mol. The van der Waals surface area contributed by atoms with Crippen LogP contribution in [0.4, 0.5) is 0 Å². The maximum absolute atomic E-state index is 11.9. The number of carbonyl (C=O) groups excluding carboxylic acids is 1. The van der Waals surface area contributed by atoms with Crippen molar-refractivity contribution in [1.29, 1.82) is 0 Å². The van der Waals surface area contributed by atoms with Gasteiger partial charge in [-0.25, -0.2) is 0 Å². The van der Waals surface area contributed by atoms with Gasteiger partial charge in [0.05, 0.1) is 12.1 Å². The molecule has 3 unspecified atom stereocenters. The van der Waals surface area contributed by atoms with E-state index in [-0.39, 0.29) is 42.9 Å². The molecule has 0 spiro atoms. The first kappa shape index (κ1) is 20.9. The molecule has 0 aromatic heterocycles. The molecule has 126 valence electrons. The molecule has 5 nitrogen and oxygen atoms in total. The Hall–Kier alpha value is -0.0700. The molecule has 2 heterocycles. The summed E-state index contributed by atoms with van der Waals surface area (Å²) in [7, 11) is 0.